The summed E-state index contributed by atoms with van der Waals surface area (Å²) in [6.45, 7) is 7.13. The molecule has 1 aromatic heterocycles. The maximum atomic E-state index is 6.39. The lowest BCUT2D eigenvalue weighted by molar-refractivity contribution is -0.0481. The van der Waals surface area contributed by atoms with E-state index in [0.717, 1.165) is 37.0 Å². The molecular formula is C14H23BrN2OS. The zero-order valence-corrected chi connectivity index (χ0v) is 14.0. The van der Waals surface area contributed by atoms with Crippen LogP contribution in [0.4, 0.5) is 0 Å². The Kier molecular flexibility index (Phi) is 5.84. The van der Waals surface area contributed by atoms with Crippen molar-refractivity contribution >= 4 is 27.3 Å². The smallest absolute Gasteiger partial charge is 0.0700 e. The molecule has 108 valence electrons. The van der Waals surface area contributed by atoms with Crippen LogP contribution in [-0.2, 0) is 4.74 Å². The third kappa shape index (κ3) is 3.79. The van der Waals surface area contributed by atoms with Crippen molar-refractivity contribution < 1.29 is 4.74 Å². The lowest BCUT2D eigenvalue weighted by Gasteiger charge is -2.40. The maximum absolute atomic E-state index is 6.39. The summed E-state index contributed by atoms with van der Waals surface area (Å²) < 4.78 is 6.93. The highest BCUT2D eigenvalue weighted by atomic mass is 79.9. The molecule has 1 saturated heterocycles. The van der Waals surface area contributed by atoms with Crippen molar-refractivity contribution in [2.24, 2.45) is 5.73 Å². The Morgan fingerprint density at radius 1 is 1.58 bits per heavy atom. The van der Waals surface area contributed by atoms with Crippen LogP contribution in [-0.4, -0.2) is 36.7 Å². The summed E-state index contributed by atoms with van der Waals surface area (Å²) in [5.74, 6) is 0. The van der Waals surface area contributed by atoms with E-state index in [1.165, 1.54) is 4.88 Å². The van der Waals surface area contributed by atoms with E-state index in [1.54, 1.807) is 11.3 Å². The number of hydrogen-bond acceptors (Lipinski definition) is 4. The number of rotatable bonds is 5. The lowest BCUT2D eigenvalue weighted by Crippen LogP contribution is -2.48. The van der Waals surface area contributed by atoms with Gasteiger partial charge in [0.25, 0.3) is 0 Å². The molecular weight excluding hydrogens is 324 g/mol. The van der Waals surface area contributed by atoms with Crippen molar-refractivity contribution in [2.45, 2.75) is 44.9 Å². The molecule has 0 aliphatic carbocycles. The number of halogens is 1. The molecule has 0 aromatic carbocycles. The van der Waals surface area contributed by atoms with Gasteiger partial charge in [-0.3, -0.25) is 4.90 Å². The second kappa shape index (κ2) is 7.18. The van der Waals surface area contributed by atoms with Gasteiger partial charge in [-0.05, 0) is 34.8 Å². The van der Waals surface area contributed by atoms with Gasteiger partial charge in [0.05, 0.1) is 18.8 Å². The molecule has 3 unspecified atom stereocenters. The highest BCUT2D eigenvalue weighted by Crippen LogP contribution is 2.33. The van der Waals surface area contributed by atoms with Crippen LogP contribution in [0.5, 0.6) is 0 Å². The van der Waals surface area contributed by atoms with Crippen LogP contribution in [0.1, 0.15) is 37.6 Å². The summed E-state index contributed by atoms with van der Waals surface area (Å²) in [5, 5.41) is 2.14. The Bertz CT molecular complexity index is 399. The van der Waals surface area contributed by atoms with Crippen molar-refractivity contribution in [3.63, 3.8) is 0 Å². The molecule has 2 N–H and O–H groups in total. The van der Waals surface area contributed by atoms with Crippen molar-refractivity contribution in [1.82, 2.24) is 4.90 Å². The van der Waals surface area contributed by atoms with E-state index in [2.05, 4.69) is 46.1 Å². The topological polar surface area (TPSA) is 38.5 Å². The van der Waals surface area contributed by atoms with Gasteiger partial charge in [-0.1, -0.05) is 13.8 Å². The first-order valence-corrected chi connectivity index (χ1v) is 8.68. The van der Waals surface area contributed by atoms with Gasteiger partial charge in [0.2, 0.25) is 0 Å². The van der Waals surface area contributed by atoms with Gasteiger partial charge in [0, 0.05) is 33.9 Å². The van der Waals surface area contributed by atoms with Crippen molar-refractivity contribution in [3.8, 4) is 0 Å². The number of nitrogens with zero attached hydrogens (tertiary/aromatic N) is 1. The second-order valence-electron chi connectivity index (χ2n) is 5.08. The Hall–Kier alpha value is 0.0600. The zero-order chi connectivity index (χ0) is 13.8. The van der Waals surface area contributed by atoms with E-state index in [1.807, 2.05) is 0 Å². The highest BCUT2D eigenvalue weighted by Gasteiger charge is 2.31. The molecule has 1 aliphatic heterocycles. The van der Waals surface area contributed by atoms with Gasteiger partial charge in [0.1, 0.15) is 0 Å². The Balaban J connectivity index is 2.17. The normalized spacial score (nSPS) is 24.3. The molecule has 1 aliphatic rings. The molecule has 2 heterocycles. The van der Waals surface area contributed by atoms with E-state index < -0.39 is 0 Å². The average Bonchev–Trinajstić information content (AvgIpc) is 2.85. The quantitative estimate of drug-likeness (QED) is 0.887. The molecule has 0 spiro atoms. The summed E-state index contributed by atoms with van der Waals surface area (Å²) >= 11 is 5.34. The molecule has 0 amide bonds. The molecule has 0 bridgehead atoms. The largest absolute Gasteiger partial charge is 0.376 e. The first-order valence-electron chi connectivity index (χ1n) is 7.00. The fourth-order valence-electron chi connectivity index (χ4n) is 2.61. The number of thiophene rings is 1. The first-order chi connectivity index (χ1) is 9.15. The minimum absolute atomic E-state index is 0.182. The summed E-state index contributed by atoms with van der Waals surface area (Å²) in [6, 6.07) is 2.71. The summed E-state index contributed by atoms with van der Waals surface area (Å²) in [7, 11) is 0. The van der Waals surface area contributed by atoms with E-state index in [4.69, 9.17) is 10.5 Å². The van der Waals surface area contributed by atoms with E-state index in [0.29, 0.717) is 12.1 Å². The molecule has 1 fully saturated rings. The lowest BCUT2D eigenvalue weighted by atomic mass is 10.0. The molecule has 1 aromatic rings. The van der Waals surface area contributed by atoms with E-state index in [-0.39, 0.29) is 6.04 Å². The molecule has 5 heteroatoms. The van der Waals surface area contributed by atoms with Crippen LogP contribution in [0.25, 0.3) is 0 Å². The van der Waals surface area contributed by atoms with Crippen LogP contribution >= 0.6 is 27.3 Å². The molecule has 2 rings (SSSR count). The van der Waals surface area contributed by atoms with Gasteiger partial charge in [-0.2, -0.15) is 0 Å². The Labute approximate surface area is 128 Å². The van der Waals surface area contributed by atoms with Gasteiger partial charge in [-0.25, -0.2) is 0 Å². The predicted octanol–water partition coefficient (Wildman–Crippen LogP) is 3.40. The van der Waals surface area contributed by atoms with Gasteiger partial charge in [0.15, 0.2) is 0 Å². The van der Waals surface area contributed by atoms with Crippen LogP contribution in [0.15, 0.2) is 15.9 Å². The zero-order valence-electron chi connectivity index (χ0n) is 11.6. The highest BCUT2D eigenvalue weighted by molar-refractivity contribution is 9.10. The molecule has 0 saturated carbocycles. The maximum Gasteiger partial charge on any atom is 0.0700 e. The number of nitrogens with two attached hydrogens (primary N) is 1. The van der Waals surface area contributed by atoms with Crippen LogP contribution in [0.2, 0.25) is 0 Å². The summed E-state index contributed by atoms with van der Waals surface area (Å²) in [5.41, 5.74) is 6.39. The van der Waals surface area contributed by atoms with Crippen LogP contribution in [0.3, 0.4) is 0 Å². The molecule has 19 heavy (non-hydrogen) atoms. The minimum Gasteiger partial charge on any atom is -0.376 e. The number of morpholine rings is 1. The molecule has 3 nitrogen and oxygen atoms in total. The second-order valence-corrected chi connectivity index (χ2v) is 6.94. The minimum atomic E-state index is 0.182. The van der Waals surface area contributed by atoms with Crippen molar-refractivity contribution in [2.75, 3.05) is 19.7 Å². The third-order valence-electron chi connectivity index (χ3n) is 3.78. The van der Waals surface area contributed by atoms with Gasteiger partial charge >= 0.3 is 0 Å². The van der Waals surface area contributed by atoms with Crippen LogP contribution < -0.4 is 5.73 Å². The monoisotopic (exact) mass is 346 g/mol. The fourth-order valence-corrected chi connectivity index (χ4v) is 4.26. The molecule has 3 atom stereocenters. The standard InChI is InChI=1S/C14H23BrN2OS/c1-3-11-8-17(5-6-18-11)14(12(16)4-2)13-7-10(15)9-19-13/h7,9,11-12,14H,3-6,8,16H2,1-2H3. The number of hydrogen-bond donors (Lipinski definition) is 1. The third-order valence-corrected chi connectivity index (χ3v) is 5.54. The van der Waals surface area contributed by atoms with Crippen molar-refractivity contribution in [1.29, 1.82) is 0 Å². The van der Waals surface area contributed by atoms with E-state index in [9.17, 15) is 0 Å². The van der Waals surface area contributed by atoms with Crippen molar-refractivity contribution in [3.05, 3.63) is 20.8 Å². The summed E-state index contributed by atoms with van der Waals surface area (Å²) in [4.78, 5) is 3.86. The number of ether oxygens (including phenoxy) is 1. The van der Waals surface area contributed by atoms with Gasteiger partial charge in [-0.15, -0.1) is 11.3 Å². The average molecular weight is 347 g/mol. The first kappa shape index (κ1) is 15.4. The summed E-state index contributed by atoms with van der Waals surface area (Å²) in [6.07, 6.45) is 2.41. The van der Waals surface area contributed by atoms with E-state index >= 15 is 0 Å². The Morgan fingerprint density at radius 3 is 2.95 bits per heavy atom. The van der Waals surface area contributed by atoms with Gasteiger partial charge < -0.3 is 10.5 Å². The molecule has 0 radical (unpaired) electrons. The SMILES string of the molecule is CCC1CN(C(c2cc(Br)cs2)C(N)CC)CCO1. The van der Waals surface area contributed by atoms with Crippen LogP contribution in [0, 0.1) is 0 Å². The fraction of sp³-hybridized carbons (Fsp3) is 0.714. The predicted molar refractivity (Wildman–Crippen MR) is 84.6 cm³/mol. The Morgan fingerprint density at radius 2 is 2.37 bits per heavy atom.